The summed E-state index contributed by atoms with van der Waals surface area (Å²) < 4.78 is 6.46. The number of aromatic nitrogens is 2. The summed E-state index contributed by atoms with van der Waals surface area (Å²) in [4.78, 5) is 0. The Morgan fingerprint density at radius 1 is 0.415 bits per heavy atom. The van der Waals surface area contributed by atoms with Crippen molar-refractivity contribution in [1.29, 1.82) is 21.0 Å². The van der Waals surface area contributed by atoms with E-state index in [1.165, 1.54) is 14.8 Å². The third kappa shape index (κ3) is 4.21. The Balaban J connectivity index is 1.30. The average molecular weight is 691 g/mol. The minimum absolute atomic E-state index is 0.127. The Hall–Kier alpha value is -7.68. The lowest BCUT2D eigenvalue weighted by Gasteiger charge is -2.18. The maximum atomic E-state index is 11.0. The molecule has 0 bridgehead atoms. The summed E-state index contributed by atoms with van der Waals surface area (Å²) in [5.74, 6) is 0. The van der Waals surface area contributed by atoms with E-state index < -0.39 is 0 Å². The van der Waals surface area contributed by atoms with Crippen molar-refractivity contribution in [3.63, 3.8) is 0 Å². The highest BCUT2D eigenvalue weighted by molar-refractivity contribution is 7.25. The summed E-state index contributed by atoms with van der Waals surface area (Å²) in [5, 5.41) is 48.9. The van der Waals surface area contributed by atoms with Crippen LogP contribution in [-0.4, -0.2) is 9.13 Å². The van der Waals surface area contributed by atoms with E-state index in [9.17, 15) is 21.0 Å². The fourth-order valence-electron chi connectivity index (χ4n) is 8.02. The van der Waals surface area contributed by atoms with Gasteiger partial charge in [-0.25, -0.2) is 0 Å². The number of thiophene rings is 1. The molecule has 0 saturated heterocycles. The van der Waals surface area contributed by atoms with Crippen molar-refractivity contribution in [1.82, 2.24) is 9.13 Å². The summed E-state index contributed by atoms with van der Waals surface area (Å²) in [6.45, 7) is 0. The van der Waals surface area contributed by atoms with Gasteiger partial charge >= 0.3 is 0 Å². The van der Waals surface area contributed by atoms with Gasteiger partial charge in [0.2, 0.25) is 0 Å². The average Bonchev–Trinajstić information content (AvgIpc) is 3.86. The first-order valence-electron chi connectivity index (χ1n) is 16.9. The van der Waals surface area contributed by atoms with E-state index in [-0.39, 0.29) is 16.7 Å². The zero-order valence-electron chi connectivity index (χ0n) is 27.8. The smallest absolute Gasteiger partial charge is 0.103 e. The van der Waals surface area contributed by atoms with E-state index in [2.05, 4.69) is 77.4 Å². The van der Waals surface area contributed by atoms with Crippen LogP contribution in [0.4, 0.5) is 0 Å². The van der Waals surface area contributed by atoms with Crippen LogP contribution in [0.15, 0.2) is 133 Å². The van der Waals surface area contributed by atoms with Gasteiger partial charge in [0.25, 0.3) is 0 Å². The van der Waals surface area contributed by atoms with Crippen molar-refractivity contribution in [3.8, 4) is 46.8 Å². The number of rotatable bonds is 3. The molecule has 242 valence electrons. The van der Waals surface area contributed by atoms with Gasteiger partial charge in [-0.05, 0) is 60.2 Å². The van der Waals surface area contributed by atoms with Crippen LogP contribution in [0.1, 0.15) is 22.3 Å². The lowest BCUT2D eigenvalue weighted by atomic mass is 9.91. The molecule has 0 aliphatic carbocycles. The molecule has 7 aromatic carbocycles. The Morgan fingerprint density at radius 3 is 1.64 bits per heavy atom. The van der Waals surface area contributed by atoms with E-state index in [1.54, 1.807) is 23.5 Å². The van der Waals surface area contributed by atoms with E-state index in [0.29, 0.717) is 28.1 Å². The predicted octanol–water partition coefficient (Wildman–Crippen LogP) is 11.4. The second-order valence-electron chi connectivity index (χ2n) is 12.9. The summed E-state index contributed by atoms with van der Waals surface area (Å²) in [7, 11) is 0. The number of fused-ring (bicyclic) bond motifs is 9. The van der Waals surface area contributed by atoms with Crippen LogP contribution in [0.3, 0.4) is 0 Å². The fourth-order valence-corrected chi connectivity index (χ4v) is 9.15. The van der Waals surface area contributed by atoms with Crippen LogP contribution < -0.4 is 0 Å². The molecule has 0 saturated carbocycles. The van der Waals surface area contributed by atoms with Gasteiger partial charge in [-0.15, -0.1) is 11.3 Å². The first-order chi connectivity index (χ1) is 26.1. The fraction of sp³-hybridized carbons (Fsp3) is 0. The molecule has 0 aliphatic rings. The molecule has 0 radical (unpaired) electrons. The van der Waals surface area contributed by atoms with Crippen molar-refractivity contribution < 1.29 is 0 Å². The molecule has 3 aromatic heterocycles. The number of nitriles is 4. The quantitative estimate of drug-likeness (QED) is 0.184. The Bertz CT molecular complexity index is 3350. The number of hydrogen-bond donors (Lipinski definition) is 0. The summed E-state index contributed by atoms with van der Waals surface area (Å²) >= 11 is 1.77. The van der Waals surface area contributed by atoms with Gasteiger partial charge < -0.3 is 9.13 Å². The van der Waals surface area contributed by atoms with Crippen LogP contribution in [0, 0.1) is 45.3 Å². The van der Waals surface area contributed by atoms with Crippen molar-refractivity contribution in [2.24, 2.45) is 0 Å². The summed E-state index contributed by atoms with van der Waals surface area (Å²) in [6.07, 6.45) is 0. The highest BCUT2D eigenvalue weighted by atomic mass is 32.1. The Morgan fingerprint density at radius 2 is 1.00 bits per heavy atom. The monoisotopic (exact) mass is 690 g/mol. The SMILES string of the molecule is N#Cc1ccc(-c2cc(C#N)c(C#N)c(-n3c4ccccc4c4ccccc43)c2C#N)cc1-n1c2ccccc2c2cc3sc4ccccc4c3cc21. The van der Waals surface area contributed by atoms with Crippen molar-refractivity contribution in [2.75, 3.05) is 0 Å². The third-order valence-electron chi connectivity index (χ3n) is 10.3. The summed E-state index contributed by atoms with van der Waals surface area (Å²) in [6, 6.07) is 53.3. The zero-order chi connectivity index (χ0) is 35.8. The van der Waals surface area contributed by atoms with Gasteiger partial charge in [0.1, 0.15) is 24.3 Å². The van der Waals surface area contributed by atoms with Crippen LogP contribution in [0.5, 0.6) is 0 Å². The number of benzene rings is 7. The molecule has 6 nitrogen and oxygen atoms in total. The standard InChI is InChI=1S/C46H22N6S/c47-23-28-18-17-27(20-42(28)51-39-13-5-3-11-32(39)35-22-45-36(21-43(35)51)33-12-4-8-16-44(33)53-45)34-19-29(24-48)37(25-49)46(38(34)26-50)52-40-14-6-1-9-30(40)31-10-2-7-15-41(31)52/h1-22H. The van der Waals surface area contributed by atoms with Crippen LogP contribution in [0.2, 0.25) is 0 Å². The molecule has 10 rings (SSSR count). The molecule has 0 spiro atoms. The number of nitrogens with zero attached hydrogens (tertiary/aromatic N) is 6. The topological polar surface area (TPSA) is 105 Å². The molecule has 3 heterocycles. The molecule has 7 heteroatoms. The van der Waals surface area contributed by atoms with Gasteiger partial charge in [0.05, 0.1) is 55.7 Å². The summed E-state index contributed by atoms with van der Waals surface area (Å²) in [5.41, 5.74) is 6.71. The largest absolute Gasteiger partial charge is 0.308 e. The molecule has 0 N–H and O–H groups in total. The van der Waals surface area contributed by atoms with Gasteiger partial charge in [0, 0.05) is 47.3 Å². The van der Waals surface area contributed by atoms with Crippen LogP contribution >= 0.6 is 11.3 Å². The molecule has 0 fully saturated rings. The normalized spacial score (nSPS) is 11.3. The minimum atomic E-state index is 0.127. The Kier molecular flexibility index (Phi) is 6.50. The molecular weight excluding hydrogens is 669 g/mol. The second kappa shape index (κ2) is 11.4. The highest BCUT2D eigenvalue weighted by Gasteiger charge is 2.25. The third-order valence-corrected chi connectivity index (χ3v) is 11.4. The van der Waals surface area contributed by atoms with Crippen molar-refractivity contribution >= 4 is 75.1 Å². The first-order valence-corrected chi connectivity index (χ1v) is 17.7. The number of hydrogen-bond acceptors (Lipinski definition) is 5. The molecule has 0 aliphatic heterocycles. The number of para-hydroxylation sites is 3. The molecule has 0 unspecified atom stereocenters. The molecular formula is C46H22N6S. The van der Waals surface area contributed by atoms with Crippen LogP contribution in [-0.2, 0) is 0 Å². The maximum Gasteiger partial charge on any atom is 0.103 e. The second-order valence-corrected chi connectivity index (χ2v) is 14.0. The molecule has 10 aromatic rings. The van der Waals surface area contributed by atoms with Crippen molar-refractivity contribution in [3.05, 3.63) is 156 Å². The molecule has 0 atom stereocenters. The molecule has 0 amide bonds. The van der Waals surface area contributed by atoms with Gasteiger partial charge in [-0.1, -0.05) is 78.9 Å². The minimum Gasteiger partial charge on any atom is -0.308 e. The predicted molar refractivity (Wildman–Crippen MR) is 212 cm³/mol. The van der Waals surface area contributed by atoms with E-state index in [1.807, 2.05) is 77.4 Å². The van der Waals surface area contributed by atoms with Gasteiger partial charge in [-0.2, -0.15) is 21.0 Å². The van der Waals surface area contributed by atoms with E-state index in [4.69, 9.17) is 0 Å². The Labute approximate surface area is 306 Å². The lowest BCUT2D eigenvalue weighted by Crippen LogP contribution is -2.06. The zero-order valence-corrected chi connectivity index (χ0v) is 28.6. The van der Waals surface area contributed by atoms with E-state index in [0.717, 1.165) is 49.0 Å². The maximum absolute atomic E-state index is 11.0. The van der Waals surface area contributed by atoms with Crippen LogP contribution in [0.25, 0.3) is 86.3 Å². The first kappa shape index (κ1) is 30.2. The van der Waals surface area contributed by atoms with Crippen molar-refractivity contribution in [2.45, 2.75) is 0 Å². The van der Waals surface area contributed by atoms with Gasteiger partial charge in [0.15, 0.2) is 0 Å². The highest BCUT2D eigenvalue weighted by Crippen LogP contribution is 2.43. The van der Waals surface area contributed by atoms with E-state index >= 15 is 0 Å². The van der Waals surface area contributed by atoms with Gasteiger partial charge in [-0.3, -0.25) is 0 Å². The molecule has 53 heavy (non-hydrogen) atoms. The lowest BCUT2D eigenvalue weighted by molar-refractivity contribution is 1.15.